The Kier molecular flexibility index (Phi) is 7.37. The third-order valence-electron chi connectivity index (χ3n) is 6.55. The molecule has 4 rings (SSSR count). The van der Waals surface area contributed by atoms with Crippen LogP contribution in [0.5, 0.6) is 0 Å². The minimum atomic E-state index is -3.34. The maximum atomic E-state index is 12.7. The summed E-state index contributed by atoms with van der Waals surface area (Å²) in [6.07, 6.45) is 3.99. The van der Waals surface area contributed by atoms with Gasteiger partial charge in [0.25, 0.3) is 0 Å². The van der Waals surface area contributed by atoms with E-state index in [1.165, 1.54) is 7.05 Å². The molecule has 1 aromatic heterocycles. The molecular weight excluding hydrogens is 452 g/mol. The van der Waals surface area contributed by atoms with Crippen LogP contribution >= 0.6 is 0 Å². The van der Waals surface area contributed by atoms with Crippen LogP contribution in [0.25, 0.3) is 22.0 Å². The van der Waals surface area contributed by atoms with Crippen LogP contribution in [-0.2, 0) is 21.2 Å². The molecule has 1 saturated heterocycles. The van der Waals surface area contributed by atoms with E-state index in [0.717, 1.165) is 51.1 Å². The quantitative estimate of drug-likeness (QED) is 0.403. The van der Waals surface area contributed by atoms with Crippen molar-refractivity contribution in [3.63, 3.8) is 0 Å². The standard InChI is InChI=1S/C25H32N4O4S/c1-28(31)10-5-13-34(32,33)29-11-8-19(9-12-29)23-17-27-25-21(16-24(26)30)14-20(15-22(23)25)18-6-3-2-4-7-18/h2-4,6-7,14-15,17,19,27,31H,5,8-13,16H2,1H3,(H2,26,30). The van der Waals surface area contributed by atoms with Gasteiger partial charge in [-0.2, -0.15) is 5.06 Å². The number of nitrogens with two attached hydrogens (primary N) is 1. The average molecular weight is 485 g/mol. The third kappa shape index (κ3) is 5.50. The van der Waals surface area contributed by atoms with Gasteiger partial charge in [0, 0.05) is 43.8 Å². The van der Waals surface area contributed by atoms with E-state index in [2.05, 4.69) is 11.1 Å². The fourth-order valence-corrected chi connectivity index (χ4v) is 6.36. The van der Waals surface area contributed by atoms with Crippen molar-refractivity contribution in [3.8, 4) is 11.1 Å². The number of hydrogen-bond acceptors (Lipinski definition) is 5. The number of primary amides is 1. The van der Waals surface area contributed by atoms with Gasteiger partial charge in [-0.15, -0.1) is 0 Å². The number of piperidine rings is 1. The Morgan fingerprint density at radius 3 is 2.53 bits per heavy atom. The van der Waals surface area contributed by atoms with Crippen molar-refractivity contribution in [2.24, 2.45) is 5.73 Å². The number of sulfonamides is 1. The first-order valence-corrected chi connectivity index (χ1v) is 13.2. The van der Waals surface area contributed by atoms with E-state index >= 15 is 0 Å². The first kappa shape index (κ1) is 24.4. The van der Waals surface area contributed by atoms with Gasteiger partial charge in [0.2, 0.25) is 15.9 Å². The van der Waals surface area contributed by atoms with Crippen molar-refractivity contribution in [1.82, 2.24) is 14.4 Å². The molecule has 2 heterocycles. The molecule has 0 radical (unpaired) electrons. The number of amides is 1. The number of nitrogens with one attached hydrogen (secondary N) is 1. The summed E-state index contributed by atoms with van der Waals surface area (Å²) in [5.74, 6) is -0.128. The van der Waals surface area contributed by atoms with Crippen LogP contribution in [-0.4, -0.2) is 66.3 Å². The van der Waals surface area contributed by atoms with Crippen molar-refractivity contribution >= 4 is 26.8 Å². The second-order valence-electron chi connectivity index (χ2n) is 9.04. The highest BCUT2D eigenvalue weighted by atomic mass is 32.2. The highest BCUT2D eigenvalue weighted by Gasteiger charge is 2.29. The zero-order chi connectivity index (χ0) is 24.3. The van der Waals surface area contributed by atoms with Crippen LogP contribution in [0.15, 0.2) is 48.7 Å². The smallest absolute Gasteiger partial charge is 0.221 e. The normalized spacial score (nSPS) is 15.9. The number of carbonyl (C=O) groups is 1. The molecule has 1 aliphatic heterocycles. The fourth-order valence-electron chi connectivity index (χ4n) is 4.84. The van der Waals surface area contributed by atoms with Crippen molar-refractivity contribution in [1.29, 1.82) is 0 Å². The largest absolute Gasteiger partial charge is 0.369 e. The predicted octanol–water partition coefficient (Wildman–Crippen LogP) is 3.08. The number of nitrogens with zero attached hydrogens (tertiary/aromatic N) is 2. The topological polar surface area (TPSA) is 120 Å². The van der Waals surface area contributed by atoms with E-state index in [9.17, 15) is 18.4 Å². The summed E-state index contributed by atoms with van der Waals surface area (Å²) < 4.78 is 27.0. The predicted molar refractivity (Wildman–Crippen MR) is 133 cm³/mol. The summed E-state index contributed by atoms with van der Waals surface area (Å²) >= 11 is 0. The SMILES string of the molecule is CN(O)CCCS(=O)(=O)N1CCC(c2c[nH]c3c(CC(N)=O)cc(-c4ccccc4)cc23)CC1. The number of aromatic nitrogens is 1. The molecule has 0 spiro atoms. The van der Waals surface area contributed by atoms with Crippen LogP contribution < -0.4 is 5.73 Å². The van der Waals surface area contributed by atoms with Gasteiger partial charge in [0.1, 0.15) is 0 Å². The molecule has 0 unspecified atom stereocenters. The van der Waals surface area contributed by atoms with Crippen LogP contribution in [0.2, 0.25) is 0 Å². The summed E-state index contributed by atoms with van der Waals surface area (Å²) in [5, 5.41) is 11.3. The van der Waals surface area contributed by atoms with Gasteiger partial charge in [-0.05, 0) is 59.6 Å². The van der Waals surface area contributed by atoms with E-state index in [0.29, 0.717) is 26.1 Å². The fraction of sp³-hybridized carbons (Fsp3) is 0.400. The van der Waals surface area contributed by atoms with Gasteiger partial charge in [-0.25, -0.2) is 12.7 Å². The van der Waals surface area contributed by atoms with Crippen LogP contribution in [0.3, 0.4) is 0 Å². The minimum absolute atomic E-state index is 0.0343. The molecular formula is C25H32N4O4S. The molecule has 182 valence electrons. The summed E-state index contributed by atoms with van der Waals surface area (Å²) in [4.78, 5) is 15.1. The number of aromatic amines is 1. The Morgan fingerprint density at radius 2 is 1.88 bits per heavy atom. The first-order valence-electron chi connectivity index (χ1n) is 11.6. The Hall–Kier alpha value is -2.72. The molecule has 3 aromatic rings. The molecule has 0 aliphatic carbocycles. The van der Waals surface area contributed by atoms with Gasteiger partial charge in [-0.1, -0.05) is 30.3 Å². The molecule has 1 aliphatic rings. The number of rotatable bonds is 9. The van der Waals surface area contributed by atoms with Gasteiger partial charge in [0.15, 0.2) is 0 Å². The summed E-state index contributed by atoms with van der Waals surface area (Å²) in [6.45, 7) is 1.27. The van der Waals surface area contributed by atoms with Crippen LogP contribution in [0.1, 0.15) is 36.3 Å². The lowest BCUT2D eigenvalue weighted by Crippen LogP contribution is -2.39. The molecule has 9 heteroatoms. The van der Waals surface area contributed by atoms with Crippen LogP contribution in [0, 0.1) is 0 Å². The Morgan fingerprint density at radius 1 is 1.18 bits per heavy atom. The zero-order valence-electron chi connectivity index (χ0n) is 19.4. The minimum Gasteiger partial charge on any atom is -0.369 e. The molecule has 4 N–H and O–H groups in total. The lowest BCUT2D eigenvalue weighted by Gasteiger charge is -2.31. The van der Waals surface area contributed by atoms with E-state index in [4.69, 9.17) is 5.73 Å². The molecule has 0 saturated carbocycles. The number of hydroxylamine groups is 2. The Bertz CT molecular complexity index is 1250. The second kappa shape index (κ2) is 10.3. The Labute approximate surface area is 200 Å². The Balaban J connectivity index is 1.57. The number of benzene rings is 2. The van der Waals surface area contributed by atoms with E-state index in [1.54, 1.807) is 4.31 Å². The van der Waals surface area contributed by atoms with Crippen molar-refractivity contribution in [2.45, 2.75) is 31.6 Å². The lowest BCUT2D eigenvalue weighted by atomic mass is 9.88. The van der Waals surface area contributed by atoms with Crippen molar-refractivity contribution < 1.29 is 18.4 Å². The van der Waals surface area contributed by atoms with Crippen molar-refractivity contribution in [3.05, 3.63) is 59.8 Å². The molecule has 1 amide bonds. The molecule has 34 heavy (non-hydrogen) atoms. The lowest BCUT2D eigenvalue weighted by molar-refractivity contribution is -0.117. The summed E-state index contributed by atoms with van der Waals surface area (Å²) in [5.41, 5.74) is 10.6. The highest BCUT2D eigenvalue weighted by Crippen LogP contribution is 2.37. The number of hydrogen-bond donors (Lipinski definition) is 3. The van der Waals surface area contributed by atoms with Gasteiger partial charge >= 0.3 is 0 Å². The molecule has 0 atom stereocenters. The maximum absolute atomic E-state index is 12.7. The maximum Gasteiger partial charge on any atom is 0.221 e. The zero-order valence-corrected chi connectivity index (χ0v) is 20.2. The summed E-state index contributed by atoms with van der Waals surface area (Å²) in [7, 11) is -1.83. The molecule has 2 aromatic carbocycles. The van der Waals surface area contributed by atoms with Gasteiger partial charge in [0.05, 0.1) is 12.2 Å². The van der Waals surface area contributed by atoms with Crippen LogP contribution in [0.4, 0.5) is 0 Å². The van der Waals surface area contributed by atoms with Gasteiger partial charge < -0.3 is 15.9 Å². The first-order chi connectivity index (χ1) is 16.2. The van der Waals surface area contributed by atoms with E-state index in [-0.39, 0.29) is 24.0 Å². The summed E-state index contributed by atoms with van der Waals surface area (Å²) in [6, 6.07) is 14.2. The van der Waals surface area contributed by atoms with Gasteiger partial charge in [-0.3, -0.25) is 4.79 Å². The highest BCUT2D eigenvalue weighted by molar-refractivity contribution is 7.89. The number of H-pyrrole nitrogens is 1. The molecule has 0 bridgehead atoms. The average Bonchev–Trinajstić information content (AvgIpc) is 3.23. The molecule has 8 nitrogen and oxygen atoms in total. The number of fused-ring (bicyclic) bond motifs is 1. The van der Waals surface area contributed by atoms with Crippen molar-refractivity contribution in [2.75, 3.05) is 32.4 Å². The molecule has 1 fully saturated rings. The van der Waals surface area contributed by atoms with E-state index in [1.807, 2.05) is 42.6 Å². The monoisotopic (exact) mass is 484 g/mol. The van der Waals surface area contributed by atoms with E-state index < -0.39 is 10.0 Å². The second-order valence-corrected chi connectivity index (χ2v) is 11.1. The third-order valence-corrected chi connectivity index (χ3v) is 8.50. The number of carbonyl (C=O) groups excluding carboxylic acids is 1.